The van der Waals surface area contributed by atoms with Crippen molar-refractivity contribution in [1.29, 1.82) is 5.26 Å². The lowest BCUT2D eigenvalue weighted by molar-refractivity contribution is -0.133. The molecule has 0 aliphatic rings. The molecule has 0 bridgehead atoms. The third kappa shape index (κ3) is 4.77. The standard InChI is InChI=1S/C14H26N2O/c1-5-9-16(10-6-2)13(17)11-14(7-3,8-4)12-15/h5-11H2,1-4H3. The van der Waals surface area contributed by atoms with Gasteiger partial charge in [0.15, 0.2) is 0 Å². The van der Waals surface area contributed by atoms with Crippen LogP contribution >= 0.6 is 0 Å². The second-order valence-corrected chi connectivity index (χ2v) is 4.66. The smallest absolute Gasteiger partial charge is 0.224 e. The van der Waals surface area contributed by atoms with Gasteiger partial charge in [0.25, 0.3) is 0 Å². The molecule has 0 heterocycles. The number of nitriles is 1. The Hall–Kier alpha value is -1.04. The molecule has 0 aromatic rings. The number of amides is 1. The van der Waals surface area contributed by atoms with E-state index in [0.717, 1.165) is 38.8 Å². The van der Waals surface area contributed by atoms with E-state index < -0.39 is 5.41 Å². The van der Waals surface area contributed by atoms with Crippen molar-refractivity contribution in [3.8, 4) is 6.07 Å². The highest BCUT2D eigenvalue weighted by Crippen LogP contribution is 2.30. The Kier molecular flexibility index (Phi) is 7.61. The number of hydrogen-bond donors (Lipinski definition) is 0. The second kappa shape index (κ2) is 8.11. The van der Waals surface area contributed by atoms with Crippen molar-refractivity contribution in [3.05, 3.63) is 0 Å². The van der Waals surface area contributed by atoms with E-state index in [9.17, 15) is 10.1 Å². The first-order valence-corrected chi connectivity index (χ1v) is 6.78. The molecule has 3 nitrogen and oxygen atoms in total. The summed E-state index contributed by atoms with van der Waals surface area (Å²) in [6.07, 6.45) is 3.82. The first kappa shape index (κ1) is 16.0. The minimum atomic E-state index is -0.461. The normalized spacial score (nSPS) is 11.0. The fraction of sp³-hybridized carbons (Fsp3) is 0.857. The maximum Gasteiger partial charge on any atom is 0.224 e. The lowest BCUT2D eigenvalue weighted by atomic mass is 9.80. The number of hydrogen-bond acceptors (Lipinski definition) is 2. The van der Waals surface area contributed by atoms with E-state index in [1.54, 1.807) is 0 Å². The molecule has 0 spiro atoms. The lowest BCUT2D eigenvalue weighted by Gasteiger charge is -2.28. The molecule has 1 amide bonds. The molecule has 0 saturated carbocycles. The largest absolute Gasteiger partial charge is 0.343 e. The summed E-state index contributed by atoms with van der Waals surface area (Å²) in [5.74, 6) is 0.138. The van der Waals surface area contributed by atoms with Crippen LogP contribution in [0.4, 0.5) is 0 Å². The van der Waals surface area contributed by atoms with Gasteiger partial charge < -0.3 is 4.90 Å². The monoisotopic (exact) mass is 238 g/mol. The predicted octanol–water partition coefficient (Wildman–Crippen LogP) is 3.36. The molecule has 0 unspecified atom stereocenters. The number of rotatable bonds is 8. The highest BCUT2D eigenvalue weighted by molar-refractivity contribution is 5.77. The van der Waals surface area contributed by atoms with Crippen molar-refractivity contribution in [2.75, 3.05) is 13.1 Å². The molecule has 0 atom stereocenters. The van der Waals surface area contributed by atoms with Crippen molar-refractivity contribution in [2.45, 2.75) is 59.8 Å². The molecular weight excluding hydrogens is 212 g/mol. The Balaban J connectivity index is 4.62. The molecule has 0 aromatic heterocycles. The summed E-state index contributed by atoms with van der Waals surface area (Å²) in [6.45, 7) is 9.75. The van der Waals surface area contributed by atoms with Crippen LogP contribution in [-0.4, -0.2) is 23.9 Å². The summed E-state index contributed by atoms with van der Waals surface area (Å²) in [6, 6.07) is 2.34. The maximum atomic E-state index is 12.2. The molecule has 17 heavy (non-hydrogen) atoms. The summed E-state index contributed by atoms with van der Waals surface area (Å²) in [5.41, 5.74) is -0.461. The lowest BCUT2D eigenvalue weighted by Crippen LogP contribution is -2.36. The molecule has 0 aliphatic heterocycles. The van der Waals surface area contributed by atoms with Gasteiger partial charge in [-0.3, -0.25) is 4.79 Å². The maximum absolute atomic E-state index is 12.2. The van der Waals surface area contributed by atoms with Gasteiger partial charge in [-0.2, -0.15) is 5.26 Å². The van der Waals surface area contributed by atoms with Crippen LogP contribution in [0.25, 0.3) is 0 Å². The van der Waals surface area contributed by atoms with Gasteiger partial charge in [0.2, 0.25) is 5.91 Å². The molecule has 0 rings (SSSR count). The van der Waals surface area contributed by atoms with Crippen LogP contribution in [0.3, 0.4) is 0 Å². The van der Waals surface area contributed by atoms with Crippen molar-refractivity contribution >= 4 is 5.91 Å². The number of carbonyl (C=O) groups excluding carboxylic acids is 1. The zero-order chi connectivity index (χ0) is 13.3. The Bertz CT molecular complexity index is 258. The predicted molar refractivity (Wildman–Crippen MR) is 70.4 cm³/mol. The molecule has 0 saturated heterocycles. The second-order valence-electron chi connectivity index (χ2n) is 4.66. The van der Waals surface area contributed by atoms with E-state index in [4.69, 9.17) is 0 Å². The van der Waals surface area contributed by atoms with Crippen LogP contribution in [0.15, 0.2) is 0 Å². The Morgan fingerprint density at radius 1 is 1.12 bits per heavy atom. The van der Waals surface area contributed by atoms with Crippen molar-refractivity contribution in [2.24, 2.45) is 5.41 Å². The summed E-state index contributed by atoms with van der Waals surface area (Å²) in [5, 5.41) is 9.25. The Labute approximate surface area is 106 Å². The number of carbonyl (C=O) groups is 1. The molecule has 0 N–H and O–H groups in total. The van der Waals surface area contributed by atoms with E-state index in [2.05, 4.69) is 19.9 Å². The molecule has 3 heteroatoms. The average molecular weight is 238 g/mol. The molecule has 0 radical (unpaired) electrons. The minimum absolute atomic E-state index is 0.138. The van der Waals surface area contributed by atoms with E-state index in [0.29, 0.717) is 6.42 Å². The summed E-state index contributed by atoms with van der Waals surface area (Å²) in [7, 11) is 0. The van der Waals surface area contributed by atoms with Gasteiger partial charge in [-0.1, -0.05) is 27.7 Å². The third-order valence-electron chi connectivity index (χ3n) is 3.42. The fourth-order valence-electron chi connectivity index (χ4n) is 2.00. The van der Waals surface area contributed by atoms with Gasteiger partial charge in [-0.15, -0.1) is 0 Å². The topological polar surface area (TPSA) is 44.1 Å². The van der Waals surface area contributed by atoms with Crippen LogP contribution in [0, 0.1) is 16.7 Å². The highest BCUT2D eigenvalue weighted by Gasteiger charge is 2.30. The van der Waals surface area contributed by atoms with Gasteiger partial charge >= 0.3 is 0 Å². The summed E-state index contributed by atoms with van der Waals surface area (Å²) in [4.78, 5) is 14.1. The van der Waals surface area contributed by atoms with E-state index in [-0.39, 0.29) is 5.91 Å². The minimum Gasteiger partial charge on any atom is -0.343 e. The average Bonchev–Trinajstić information content (AvgIpc) is 2.35. The SMILES string of the molecule is CCCN(CCC)C(=O)CC(C#N)(CC)CC. The first-order chi connectivity index (χ1) is 8.09. The molecule has 0 aliphatic carbocycles. The van der Waals surface area contributed by atoms with Crippen LogP contribution in [0.5, 0.6) is 0 Å². The van der Waals surface area contributed by atoms with Gasteiger partial charge in [0, 0.05) is 19.5 Å². The summed E-state index contributed by atoms with van der Waals surface area (Å²) < 4.78 is 0. The molecule has 0 aromatic carbocycles. The number of nitrogens with zero attached hydrogens (tertiary/aromatic N) is 2. The summed E-state index contributed by atoms with van der Waals surface area (Å²) >= 11 is 0. The highest BCUT2D eigenvalue weighted by atomic mass is 16.2. The van der Waals surface area contributed by atoms with Crippen LogP contribution in [0.1, 0.15) is 59.8 Å². The Morgan fingerprint density at radius 3 is 1.88 bits per heavy atom. The van der Waals surface area contributed by atoms with E-state index in [1.807, 2.05) is 18.7 Å². The zero-order valence-electron chi connectivity index (χ0n) is 11.8. The molecule has 0 fully saturated rings. The van der Waals surface area contributed by atoms with Gasteiger partial charge in [-0.25, -0.2) is 0 Å². The van der Waals surface area contributed by atoms with Crippen molar-refractivity contribution in [3.63, 3.8) is 0 Å². The van der Waals surface area contributed by atoms with Crippen LogP contribution in [0.2, 0.25) is 0 Å². The van der Waals surface area contributed by atoms with Crippen LogP contribution < -0.4 is 0 Å². The van der Waals surface area contributed by atoms with E-state index >= 15 is 0 Å². The zero-order valence-corrected chi connectivity index (χ0v) is 11.8. The first-order valence-electron chi connectivity index (χ1n) is 6.78. The molecule has 98 valence electrons. The van der Waals surface area contributed by atoms with Gasteiger partial charge in [0.05, 0.1) is 11.5 Å². The Morgan fingerprint density at radius 2 is 1.59 bits per heavy atom. The fourth-order valence-corrected chi connectivity index (χ4v) is 2.00. The van der Waals surface area contributed by atoms with Crippen LogP contribution in [-0.2, 0) is 4.79 Å². The van der Waals surface area contributed by atoms with Crippen molar-refractivity contribution in [1.82, 2.24) is 4.90 Å². The van der Waals surface area contributed by atoms with E-state index in [1.165, 1.54) is 0 Å². The van der Waals surface area contributed by atoms with Gasteiger partial charge in [-0.05, 0) is 25.7 Å². The third-order valence-corrected chi connectivity index (χ3v) is 3.42. The van der Waals surface area contributed by atoms with Gasteiger partial charge in [0.1, 0.15) is 0 Å². The van der Waals surface area contributed by atoms with Crippen molar-refractivity contribution < 1.29 is 4.79 Å². The quantitative estimate of drug-likeness (QED) is 0.651. The molecular formula is C14H26N2O.